The van der Waals surface area contributed by atoms with E-state index in [1.54, 1.807) is 26.1 Å². The Morgan fingerprint density at radius 3 is 2.74 bits per heavy atom. The number of benzene rings is 1. The van der Waals surface area contributed by atoms with Crippen LogP contribution in [0.4, 0.5) is 5.95 Å². The molecule has 0 aliphatic carbocycles. The Labute approximate surface area is 110 Å². The van der Waals surface area contributed by atoms with Gasteiger partial charge in [0.15, 0.2) is 0 Å². The maximum Gasteiger partial charge on any atom is 0.277 e. The Hall–Kier alpha value is -2.00. The van der Waals surface area contributed by atoms with Crippen molar-refractivity contribution in [3.8, 4) is 0 Å². The summed E-state index contributed by atoms with van der Waals surface area (Å²) in [4.78, 5) is 1.27. The van der Waals surface area contributed by atoms with E-state index in [0.29, 0.717) is 0 Å². The van der Waals surface area contributed by atoms with E-state index >= 15 is 0 Å². The van der Waals surface area contributed by atoms with E-state index in [1.165, 1.54) is 12.1 Å². The maximum atomic E-state index is 12.1. The average Bonchev–Trinajstić information content (AvgIpc) is 2.74. The van der Waals surface area contributed by atoms with E-state index in [-0.39, 0.29) is 16.9 Å². The van der Waals surface area contributed by atoms with E-state index in [9.17, 15) is 8.42 Å². The Bertz CT molecular complexity index is 679. The fourth-order valence-corrected chi connectivity index (χ4v) is 2.46. The number of nitrogens with one attached hydrogen (secondary N) is 1. The van der Waals surface area contributed by atoms with Crippen molar-refractivity contribution in [1.82, 2.24) is 20.2 Å². The molecule has 0 spiro atoms. The molecule has 0 aliphatic rings. The maximum absolute atomic E-state index is 12.1. The molecule has 0 bridgehead atoms. The second-order valence-corrected chi connectivity index (χ2v) is 5.75. The van der Waals surface area contributed by atoms with Gasteiger partial charge in [-0.25, -0.2) is 13.1 Å². The molecule has 0 aliphatic heterocycles. The van der Waals surface area contributed by atoms with Crippen LogP contribution in [0.2, 0.25) is 0 Å². The minimum absolute atomic E-state index is 0.0753. The first-order valence-corrected chi connectivity index (χ1v) is 6.99. The molecule has 8 nitrogen and oxygen atoms in total. The van der Waals surface area contributed by atoms with Gasteiger partial charge in [0.05, 0.1) is 11.9 Å². The van der Waals surface area contributed by atoms with Crippen LogP contribution >= 0.6 is 0 Å². The lowest BCUT2D eigenvalue weighted by Gasteiger charge is -2.08. The summed E-state index contributed by atoms with van der Waals surface area (Å²) in [6.07, 6.45) is 0. The Morgan fingerprint density at radius 2 is 2.16 bits per heavy atom. The first-order chi connectivity index (χ1) is 8.88. The predicted molar refractivity (Wildman–Crippen MR) is 68.7 cm³/mol. The van der Waals surface area contributed by atoms with Crippen molar-refractivity contribution in [3.63, 3.8) is 0 Å². The van der Waals surface area contributed by atoms with Gasteiger partial charge in [0, 0.05) is 6.04 Å². The first-order valence-electron chi connectivity index (χ1n) is 5.51. The summed E-state index contributed by atoms with van der Waals surface area (Å²) in [6.45, 7) is 1.78. The zero-order valence-electron chi connectivity index (χ0n) is 10.5. The van der Waals surface area contributed by atoms with E-state index in [1.807, 2.05) is 0 Å². The van der Waals surface area contributed by atoms with E-state index in [4.69, 9.17) is 5.73 Å². The van der Waals surface area contributed by atoms with Gasteiger partial charge < -0.3 is 5.73 Å². The molecule has 1 atom stereocenters. The molecule has 3 N–H and O–H groups in total. The van der Waals surface area contributed by atoms with Crippen molar-refractivity contribution >= 4 is 16.0 Å². The highest BCUT2D eigenvalue weighted by molar-refractivity contribution is 7.92. The molecule has 1 unspecified atom stereocenters. The second-order valence-electron chi connectivity index (χ2n) is 4.07. The summed E-state index contributed by atoms with van der Waals surface area (Å²) >= 11 is 0. The summed E-state index contributed by atoms with van der Waals surface area (Å²) in [5.41, 5.74) is 6.46. The van der Waals surface area contributed by atoms with Gasteiger partial charge in [-0.05, 0) is 29.8 Å². The summed E-state index contributed by atoms with van der Waals surface area (Å²) in [6, 6.07) is 6.15. The van der Waals surface area contributed by atoms with Crippen molar-refractivity contribution in [2.45, 2.75) is 17.9 Å². The number of aromatic nitrogens is 4. The van der Waals surface area contributed by atoms with E-state index < -0.39 is 10.0 Å². The van der Waals surface area contributed by atoms with Gasteiger partial charge in [-0.15, -0.1) is 5.10 Å². The summed E-state index contributed by atoms with van der Waals surface area (Å²) in [5.74, 6) is -0.0753. The minimum atomic E-state index is -3.74. The highest BCUT2D eigenvalue weighted by atomic mass is 32.2. The SMILES string of the molecule is CC(N)c1cccc(S(=O)(=O)Nc2nnn(C)n2)c1. The highest BCUT2D eigenvalue weighted by Crippen LogP contribution is 2.17. The van der Waals surface area contributed by atoms with Crippen LogP contribution < -0.4 is 10.5 Å². The number of nitrogens with two attached hydrogens (primary N) is 1. The van der Waals surface area contributed by atoms with Crippen LogP contribution in [0.1, 0.15) is 18.5 Å². The van der Waals surface area contributed by atoms with Crippen molar-refractivity contribution in [3.05, 3.63) is 29.8 Å². The molecule has 0 amide bonds. The van der Waals surface area contributed by atoms with Gasteiger partial charge in [0.1, 0.15) is 0 Å². The Balaban J connectivity index is 2.31. The van der Waals surface area contributed by atoms with Crippen molar-refractivity contribution in [2.75, 3.05) is 4.72 Å². The van der Waals surface area contributed by atoms with Gasteiger partial charge in [-0.1, -0.05) is 17.2 Å². The van der Waals surface area contributed by atoms with E-state index in [2.05, 4.69) is 20.1 Å². The second kappa shape index (κ2) is 4.94. The molecule has 0 saturated carbocycles. The number of sulfonamides is 1. The van der Waals surface area contributed by atoms with Crippen LogP contribution in [0.25, 0.3) is 0 Å². The normalized spacial score (nSPS) is 13.2. The lowest BCUT2D eigenvalue weighted by atomic mass is 10.1. The average molecular weight is 282 g/mol. The van der Waals surface area contributed by atoms with Gasteiger partial charge in [0.2, 0.25) is 0 Å². The monoisotopic (exact) mass is 282 g/mol. The summed E-state index contributed by atoms with van der Waals surface area (Å²) < 4.78 is 26.5. The summed E-state index contributed by atoms with van der Waals surface area (Å²) in [7, 11) is -2.20. The lowest BCUT2D eigenvalue weighted by Crippen LogP contribution is -2.15. The van der Waals surface area contributed by atoms with Crippen LogP contribution in [-0.4, -0.2) is 28.6 Å². The number of tetrazole rings is 1. The molecule has 0 saturated heterocycles. The fourth-order valence-electron chi connectivity index (χ4n) is 1.47. The smallest absolute Gasteiger partial charge is 0.277 e. The molecule has 0 fully saturated rings. The van der Waals surface area contributed by atoms with Crippen LogP contribution in [-0.2, 0) is 17.1 Å². The Morgan fingerprint density at radius 1 is 1.42 bits per heavy atom. The highest BCUT2D eigenvalue weighted by Gasteiger charge is 2.17. The molecule has 9 heteroatoms. The quantitative estimate of drug-likeness (QED) is 0.817. The standard InChI is InChI=1S/C10H14N6O2S/c1-7(11)8-4-3-5-9(6-8)19(17,18)14-10-12-15-16(2)13-10/h3-7H,11H2,1-2H3,(H,13,14). The zero-order valence-corrected chi connectivity index (χ0v) is 11.3. The predicted octanol–water partition coefficient (Wildman–Crippen LogP) is 0.0306. The van der Waals surface area contributed by atoms with Crippen molar-refractivity contribution < 1.29 is 8.42 Å². The first kappa shape index (κ1) is 13.4. The Kier molecular flexibility index (Phi) is 3.49. The molecule has 19 heavy (non-hydrogen) atoms. The fraction of sp³-hybridized carbons (Fsp3) is 0.300. The zero-order chi connectivity index (χ0) is 14.0. The third-order valence-electron chi connectivity index (χ3n) is 2.43. The number of anilines is 1. The number of hydrogen-bond acceptors (Lipinski definition) is 6. The molecule has 102 valence electrons. The number of rotatable bonds is 4. The van der Waals surface area contributed by atoms with Gasteiger partial charge in [-0.2, -0.15) is 4.80 Å². The number of nitrogens with zero attached hydrogens (tertiary/aromatic N) is 4. The van der Waals surface area contributed by atoms with Crippen LogP contribution in [0.15, 0.2) is 29.2 Å². The molecular weight excluding hydrogens is 268 g/mol. The minimum Gasteiger partial charge on any atom is -0.324 e. The number of aryl methyl sites for hydroxylation is 1. The summed E-state index contributed by atoms with van der Waals surface area (Å²) in [5, 5.41) is 10.9. The van der Waals surface area contributed by atoms with Crippen LogP contribution in [0.5, 0.6) is 0 Å². The van der Waals surface area contributed by atoms with Gasteiger partial charge in [-0.3, -0.25) is 0 Å². The molecule has 1 aromatic carbocycles. The molecule has 2 aromatic rings. The van der Waals surface area contributed by atoms with Gasteiger partial charge in [0.25, 0.3) is 16.0 Å². The molecule has 2 rings (SSSR count). The molecule has 1 heterocycles. The van der Waals surface area contributed by atoms with E-state index in [0.717, 1.165) is 10.4 Å². The number of hydrogen-bond donors (Lipinski definition) is 2. The van der Waals surface area contributed by atoms with Gasteiger partial charge >= 0.3 is 0 Å². The lowest BCUT2D eigenvalue weighted by molar-refractivity contribution is 0.600. The van der Waals surface area contributed by atoms with Crippen molar-refractivity contribution in [2.24, 2.45) is 12.8 Å². The largest absolute Gasteiger partial charge is 0.324 e. The molecule has 1 aromatic heterocycles. The molecule has 0 radical (unpaired) electrons. The topological polar surface area (TPSA) is 116 Å². The van der Waals surface area contributed by atoms with Crippen molar-refractivity contribution in [1.29, 1.82) is 0 Å². The van der Waals surface area contributed by atoms with Crippen LogP contribution in [0, 0.1) is 0 Å². The third-order valence-corrected chi connectivity index (χ3v) is 3.75. The van der Waals surface area contributed by atoms with Crippen LogP contribution in [0.3, 0.4) is 0 Å². The molecular formula is C10H14N6O2S. The third kappa shape index (κ3) is 3.06.